The Bertz CT molecular complexity index is 628. The van der Waals surface area contributed by atoms with Crippen LogP contribution in [0.4, 0.5) is 5.69 Å². The van der Waals surface area contributed by atoms with Gasteiger partial charge in [0, 0.05) is 9.61 Å². The Balaban J connectivity index is 2.57. The SMILES string of the molecule is CC(C)N=C1Nc2cc(Cl)c(I)cc2S(=O)(=O)N1. The fourth-order valence-corrected chi connectivity index (χ4v) is 3.48. The molecule has 98 valence electrons. The quantitative estimate of drug-likeness (QED) is 0.713. The molecule has 1 aromatic carbocycles. The first-order valence-corrected chi connectivity index (χ1v) is 8.10. The van der Waals surface area contributed by atoms with Crippen LogP contribution < -0.4 is 10.0 Å². The van der Waals surface area contributed by atoms with Gasteiger partial charge in [-0.3, -0.25) is 0 Å². The van der Waals surface area contributed by atoms with Crippen LogP contribution in [0.5, 0.6) is 0 Å². The lowest BCUT2D eigenvalue weighted by Crippen LogP contribution is -2.41. The summed E-state index contributed by atoms with van der Waals surface area (Å²) in [5, 5.41) is 3.43. The molecule has 0 saturated carbocycles. The van der Waals surface area contributed by atoms with Crippen LogP contribution in [0, 0.1) is 3.57 Å². The van der Waals surface area contributed by atoms with Crippen molar-refractivity contribution < 1.29 is 8.42 Å². The van der Waals surface area contributed by atoms with Gasteiger partial charge in [-0.25, -0.2) is 18.1 Å². The second-order valence-corrected chi connectivity index (χ2v) is 7.28. The lowest BCUT2D eigenvalue weighted by molar-refractivity contribution is 0.591. The minimum atomic E-state index is -3.58. The molecule has 0 fully saturated rings. The van der Waals surface area contributed by atoms with Crippen molar-refractivity contribution in [3.8, 4) is 0 Å². The van der Waals surface area contributed by atoms with Crippen LogP contribution in [0.1, 0.15) is 13.8 Å². The summed E-state index contributed by atoms with van der Waals surface area (Å²) >= 11 is 7.98. The molecule has 1 aromatic rings. The highest BCUT2D eigenvalue weighted by Crippen LogP contribution is 2.31. The monoisotopic (exact) mass is 399 g/mol. The zero-order valence-electron chi connectivity index (χ0n) is 9.66. The van der Waals surface area contributed by atoms with Gasteiger partial charge in [0.05, 0.1) is 10.7 Å². The van der Waals surface area contributed by atoms with E-state index in [4.69, 9.17) is 11.6 Å². The molecule has 2 N–H and O–H groups in total. The van der Waals surface area contributed by atoms with E-state index in [-0.39, 0.29) is 16.9 Å². The fraction of sp³-hybridized carbons (Fsp3) is 0.300. The first kappa shape index (κ1) is 13.9. The molecule has 0 unspecified atom stereocenters. The van der Waals surface area contributed by atoms with E-state index in [1.807, 2.05) is 36.4 Å². The third-order valence-electron chi connectivity index (χ3n) is 2.18. The number of hydrogen-bond donors (Lipinski definition) is 2. The van der Waals surface area contributed by atoms with E-state index in [9.17, 15) is 8.42 Å². The highest BCUT2D eigenvalue weighted by molar-refractivity contribution is 14.1. The number of guanidine groups is 1. The maximum absolute atomic E-state index is 12.1. The second-order valence-electron chi connectivity index (χ2n) is 4.06. The highest BCUT2D eigenvalue weighted by atomic mass is 127. The van der Waals surface area contributed by atoms with Gasteiger partial charge < -0.3 is 5.32 Å². The summed E-state index contributed by atoms with van der Waals surface area (Å²) in [5.74, 6) is 0.217. The molecular formula is C10H11ClIN3O2S. The summed E-state index contributed by atoms with van der Waals surface area (Å²) in [6.45, 7) is 3.72. The molecule has 1 aliphatic heterocycles. The molecule has 0 aliphatic carbocycles. The molecule has 0 atom stereocenters. The Kier molecular flexibility index (Phi) is 3.75. The molecule has 1 heterocycles. The number of halogens is 2. The van der Waals surface area contributed by atoms with Gasteiger partial charge in [-0.05, 0) is 48.6 Å². The predicted molar refractivity (Wildman–Crippen MR) is 80.7 cm³/mol. The van der Waals surface area contributed by atoms with Gasteiger partial charge in [-0.1, -0.05) is 11.6 Å². The van der Waals surface area contributed by atoms with Crippen molar-refractivity contribution in [3.05, 3.63) is 20.7 Å². The number of aliphatic imine (C=N–C) groups is 1. The number of nitrogens with one attached hydrogen (secondary N) is 2. The molecule has 0 aromatic heterocycles. The first-order chi connectivity index (χ1) is 8.29. The van der Waals surface area contributed by atoms with Crippen molar-refractivity contribution in [3.63, 3.8) is 0 Å². The van der Waals surface area contributed by atoms with E-state index in [0.29, 0.717) is 14.3 Å². The molecule has 0 spiro atoms. The molecule has 0 bridgehead atoms. The van der Waals surface area contributed by atoms with Gasteiger partial charge in [0.2, 0.25) is 5.96 Å². The molecule has 0 amide bonds. The van der Waals surface area contributed by atoms with Crippen LogP contribution >= 0.6 is 34.2 Å². The average molecular weight is 400 g/mol. The Morgan fingerprint density at radius 1 is 1.39 bits per heavy atom. The number of nitrogens with zero attached hydrogens (tertiary/aromatic N) is 1. The summed E-state index contributed by atoms with van der Waals surface area (Å²) < 4.78 is 27.2. The van der Waals surface area contributed by atoms with Crippen LogP contribution in [0.2, 0.25) is 5.02 Å². The second kappa shape index (κ2) is 4.86. The van der Waals surface area contributed by atoms with E-state index < -0.39 is 10.0 Å². The van der Waals surface area contributed by atoms with E-state index in [1.54, 1.807) is 6.07 Å². The summed E-state index contributed by atoms with van der Waals surface area (Å²) in [6.07, 6.45) is 0. The van der Waals surface area contributed by atoms with Gasteiger partial charge >= 0.3 is 0 Å². The molecule has 0 radical (unpaired) electrons. The topological polar surface area (TPSA) is 70.6 Å². The van der Waals surface area contributed by atoms with E-state index in [2.05, 4.69) is 15.0 Å². The van der Waals surface area contributed by atoms with Crippen molar-refractivity contribution in [1.82, 2.24) is 4.72 Å². The number of benzene rings is 1. The summed E-state index contributed by atoms with van der Waals surface area (Å²) in [6, 6.07) is 3.10. The van der Waals surface area contributed by atoms with E-state index in [1.165, 1.54) is 6.07 Å². The molecule has 8 heteroatoms. The Morgan fingerprint density at radius 2 is 2.06 bits per heavy atom. The largest absolute Gasteiger partial charge is 0.324 e. The zero-order valence-corrected chi connectivity index (χ0v) is 13.4. The third-order valence-corrected chi connectivity index (χ3v) is 5.09. The third kappa shape index (κ3) is 2.72. The zero-order chi connectivity index (χ0) is 13.5. The first-order valence-electron chi connectivity index (χ1n) is 5.16. The van der Waals surface area contributed by atoms with Crippen LogP contribution in [-0.2, 0) is 10.0 Å². The number of anilines is 1. The Labute approximate surface area is 124 Å². The van der Waals surface area contributed by atoms with Crippen LogP contribution in [0.3, 0.4) is 0 Å². The maximum Gasteiger partial charge on any atom is 0.266 e. The van der Waals surface area contributed by atoms with Gasteiger partial charge in [-0.2, -0.15) is 0 Å². The number of rotatable bonds is 1. The van der Waals surface area contributed by atoms with E-state index >= 15 is 0 Å². The minimum Gasteiger partial charge on any atom is -0.324 e. The lowest BCUT2D eigenvalue weighted by atomic mass is 10.3. The van der Waals surface area contributed by atoms with Crippen LogP contribution in [0.25, 0.3) is 0 Å². The summed E-state index contributed by atoms with van der Waals surface area (Å²) in [4.78, 5) is 4.33. The van der Waals surface area contributed by atoms with Crippen molar-refractivity contribution in [2.75, 3.05) is 5.32 Å². The average Bonchev–Trinajstić information content (AvgIpc) is 2.19. The van der Waals surface area contributed by atoms with Crippen molar-refractivity contribution in [2.24, 2.45) is 4.99 Å². The normalized spacial score (nSPS) is 19.3. The molecule has 5 nitrogen and oxygen atoms in total. The molecular weight excluding hydrogens is 389 g/mol. The number of sulfonamides is 1. The van der Waals surface area contributed by atoms with Crippen molar-refractivity contribution in [1.29, 1.82) is 0 Å². The summed E-state index contributed by atoms with van der Waals surface area (Å²) in [5.41, 5.74) is 0.443. The Hall–Kier alpha value is -0.540. The van der Waals surface area contributed by atoms with Crippen LogP contribution in [0.15, 0.2) is 22.0 Å². The van der Waals surface area contributed by atoms with Crippen molar-refractivity contribution in [2.45, 2.75) is 24.8 Å². The summed E-state index contributed by atoms with van der Waals surface area (Å²) in [7, 11) is -3.58. The lowest BCUT2D eigenvalue weighted by Gasteiger charge is -2.22. The smallest absolute Gasteiger partial charge is 0.266 e. The number of fused-ring (bicyclic) bond motifs is 1. The van der Waals surface area contributed by atoms with Gasteiger partial charge in [0.15, 0.2) is 0 Å². The fourth-order valence-electron chi connectivity index (χ4n) is 1.50. The highest BCUT2D eigenvalue weighted by Gasteiger charge is 2.27. The van der Waals surface area contributed by atoms with E-state index in [0.717, 1.165) is 0 Å². The minimum absolute atomic E-state index is 0.0175. The molecule has 1 aliphatic rings. The molecule has 2 rings (SSSR count). The maximum atomic E-state index is 12.1. The molecule has 0 saturated heterocycles. The van der Waals surface area contributed by atoms with Crippen molar-refractivity contribution >= 4 is 55.9 Å². The number of hydrogen-bond acceptors (Lipinski definition) is 3. The standard InChI is InChI=1S/C10H11ClIN3O2S/c1-5(2)13-10-14-8-3-6(11)7(12)4-9(8)18(16,17)15-10/h3-5H,1-2H3,(H2,13,14,15). The molecule has 18 heavy (non-hydrogen) atoms. The van der Waals surface area contributed by atoms with Crippen LogP contribution in [-0.4, -0.2) is 20.4 Å². The Morgan fingerprint density at radius 3 is 2.67 bits per heavy atom. The van der Waals surface area contributed by atoms with Gasteiger partial charge in [-0.15, -0.1) is 0 Å². The van der Waals surface area contributed by atoms with Gasteiger partial charge in [0.25, 0.3) is 10.0 Å². The van der Waals surface area contributed by atoms with Gasteiger partial charge in [0.1, 0.15) is 4.90 Å². The predicted octanol–water partition coefficient (Wildman–Crippen LogP) is 2.41.